The van der Waals surface area contributed by atoms with Crippen molar-refractivity contribution in [1.29, 1.82) is 0 Å². The second kappa shape index (κ2) is 6.45. The van der Waals surface area contributed by atoms with Gasteiger partial charge in [-0.2, -0.15) is 0 Å². The van der Waals surface area contributed by atoms with Gasteiger partial charge in [0.15, 0.2) is 0 Å². The van der Waals surface area contributed by atoms with E-state index in [2.05, 4.69) is 24.4 Å². The molecule has 0 spiro atoms. The highest BCUT2D eigenvalue weighted by Gasteiger charge is 2.14. The second-order valence-electron chi connectivity index (χ2n) is 3.20. The molecular weight excluding hydrogens is 214 g/mol. The third kappa shape index (κ3) is 3.61. The van der Waals surface area contributed by atoms with Crippen LogP contribution in [0.25, 0.3) is 0 Å². The highest BCUT2D eigenvalue weighted by Crippen LogP contribution is 2.34. The fraction of sp³-hybridized carbons (Fsp3) is 0.600. The molecule has 0 aliphatic carbocycles. The number of hydrogen-bond acceptors (Lipinski definition) is 4. The van der Waals surface area contributed by atoms with E-state index in [1.165, 1.54) is 4.88 Å². The average Bonchev–Trinajstić information content (AvgIpc) is 2.67. The summed E-state index contributed by atoms with van der Waals surface area (Å²) in [5, 5.41) is 11.7. The van der Waals surface area contributed by atoms with Gasteiger partial charge in [-0.15, -0.1) is 23.1 Å². The van der Waals surface area contributed by atoms with Gasteiger partial charge in [0.25, 0.3) is 0 Å². The lowest BCUT2D eigenvalue weighted by atomic mass is 10.3. The van der Waals surface area contributed by atoms with Crippen molar-refractivity contribution in [2.24, 2.45) is 5.73 Å². The molecule has 0 aliphatic rings. The molecule has 2 nitrogen and oxygen atoms in total. The van der Waals surface area contributed by atoms with E-state index in [9.17, 15) is 0 Å². The smallest absolute Gasteiger partial charge is 0.0516 e. The van der Waals surface area contributed by atoms with Crippen molar-refractivity contribution >= 4 is 23.1 Å². The minimum absolute atomic E-state index is 0.260. The number of thioether (sulfide) groups is 1. The Morgan fingerprint density at radius 1 is 1.64 bits per heavy atom. The van der Waals surface area contributed by atoms with Crippen LogP contribution in [0.5, 0.6) is 0 Å². The fourth-order valence-electron chi connectivity index (χ4n) is 1.24. The Hall–Kier alpha value is -0.0300. The van der Waals surface area contributed by atoms with Crippen LogP contribution in [0.1, 0.15) is 23.5 Å². The molecule has 1 heterocycles. The quantitative estimate of drug-likeness (QED) is 0.789. The second-order valence-corrected chi connectivity index (χ2v) is 5.82. The number of rotatable bonds is 6. The van der Waals surface area contributed by atoms with Crippen LogP contribution < -0.4 is 5.73 Å². The highest BCUT2D eigenvalue weighted by atomic mass is 32.2. The molecule has 4 heteroatoms. The summed E-state index contributed by atoms with van der Waals surface area (Å²) in [5.74, 6) is 0. The Morgan fingerprint density at radius 2 is 2.43 bits per heavy atom. The minimum Gasteiger partial charge on any atom is -0.396 e. The minimum atomic E-state index is 0.260. The third-order valence-corrected chi connectivity index (χ3v) is 4.62. The van der Waals surface area contributed by atoms with E-state index in [-0.39, 0.29) is 6.61 Å². The van der Waals surface area contributed by atoms with Gasteiger partial charge < -0.3 is 10.8 Å². The molecule has 80 valence electrons. The van der Waals surface area contributed by atoms with Crippen LogP contribution >= 0.6 is 23.1 Å². The number of hydrogen-bond donors (Lipinski definition) is 2. The Morgan fingerprint density at radius 3 is 2.93 bits per heavy atom. The van der Waals surface area contributed by atoms with Gasteiger partial charge in [-0.25, -0.2) is 0 Å². The summed E-state index contributed by atoms with van der Waals surface area (Å²) in [6.45, 7) is 3.06. The zero-order valence-electron chi connectivity index (χ0n) is 8.35. The molecule has 3 N–H and O–H groups in total. The largest absolute Gasteiger partial charge is 0.396 e. The predicted molar refractivity (Wildman–Crippen MR) is 64.9 cm³/mol. The van der Waals surface area contributed by atoms with E-state index in [0.29, 0.717) is 17.0 Å². The van der Waals surface area contributed by atoms with Gasteiger partial charge in [0.05, 0.1) is 5.25 Å². The van der Waals surface area contributed by atoms with Crippen LogP contribution in [0.3, 0.4) is 0 Å². The van der Waals surface area contributed by atoms with Gasteiger partial charge in [0.2, 0.25) is 0 Å². The number of thiophene rings is 1. The summed E-state index contributed by atoms with van der Waals surface area (Å²) in [6, 6.07) is 4.18. The van der Waals surface area contributed by atoms with Crippen molar-refractivity contribution in [2.45, 2.75) is 23.8 Å². The molecule has 0 saturated heterocycles. The molecule has 0 aromatic carbocycles. The van der Waals surface area contributed by atoms with E-state index in [0.717, 1.165) is 6.42 Å². The van der Waals surface area contributed by atoms with Crippen molar-refractivity contribution in [1.82, 2.24) is 0 Å². The fourth-order valence-corrected chi connectivity index (χ4v) is 3.42. The molecule has 2 unspecified atom stereocenters. The van der Waals surface area contributed by atoms with E-state index >= 15 is 0 Å². The Kier molecular flexibility index (Phi) is 5.55. The van der Waals surface area contributed by atoms with E-state index in [1.807, 2.05) is 11.8 Å². The summed E-state index contributed by atoms with van der Waals surface area (Å²) < 4.78 is 0. The molecule has 0 saturated carbocycles. The average molecular weight is 231 g/mol. The van der Waals surface area contributed by atoms with Crippen LogP contribution in [0, 0.1) is 0 Å². The van der Waals surface area contributed by atoms with Gasteiger partial charge in [-0.05, 0) is 17.9 Å². The van der Waals surface area contributed by atoms with Gasteiger partial charge in [0, 0.05) is 23.3 Å². The van der Waals surface area contributed by atoms with E-state index in [4.69, 9.17) is 10.8 Å². The first-order chi connectivity index (χ1) is 6.77. The van der Waals surface area contributed by atoms with Crippen LogP contribution in [-0.2, 0) is 0 Å². The van der Waals surface area contributed by atoms with Gasteiger partial charge in [-0.3, -0.25) is 0 Å². The first-order valence-electron chi connectivity index (χ1n) is 4.77. The molecule has 2 atom stereocenters. The van der Waals surface area contributed by atoms with Crippen molar-refractivity contribution in [3.05, 3.63) is 22.4 Å². The maximum atomic E-state index is 8.81. The lowest BCUT2D eigenvalue weighted by molar-refractivity contribution is 0.289. The number of nitrogens with two attached hydrogens (primary N) is 1. The standard InChI is InChI=1S/C10H17NOS2/c1-8(4-5-12)14-10(7-11)9-3-2-6-13-9/h2-3,6,8,10,12H,4-5,7,11H2,1H3. The summed E-state index contributed by atoms with van der Waals surface area (Å²) in [5.41, 5.74) is 5.73. The molecule has 0 amide bonds. The van der Waals surface area contributed by atoms with Gasteiger partial charge >= 0.3 is 0 Å². The highest BCUT2D eigenvalue weighted by molar-refractivity contribution is 8.00. The zero-order chi connectivity index (χ0) is 10.4. The maximum Gasteiger partial charge on any atom is 0.0516 e. The summed E-state index contributed by atoms with van der Waals surface area (Å²) in [7, 11) is 0. The maximum absolute atomic E-state index is 8.81. The SMILES string of the molecule is CC(CCO)SC(CN)c1cccs1. The van der Waals surface area contributed by atoms with Crippen molar-refractivity contribution in [3.8, 4) is 0 Å². The molecule has 0 fully saturated rings. The lowest BCUT2D eigenvalue weighted by Crippen LogP contribution is -2.12. The van der Waals surface area contributed by atoms with Crippen molar-refractivity contribution < 1.29 is 5.11 Å². The zero-order valence-corrected chi connectivity index (χ0v) is 9.98. The first kappa shape index (κ1) is 12.0. The topological polar surface area (TPSA) is 46.2 Å². The van der Waals surface area contributed by atoms with Crippen LogP contribution in [0.4, 0.5) is 0 Å². The molecule has 1 rings (SSSR count). The summed E-state index contributed by atoms with van der Waals surface area (Å²) in [4.78, 5) is 1.34. The summed E-state index contributed by atoms with van der Waals surface area (Å²) in [6.07, 6.45) is 0.840. The van der Waals surface area contributed by atoms with E-state index in [1.54, 1.807) is 11.3 Å². The Labute approximate surface area is 93.5 Å². The van der Waals surface area contributed by atoms with Crippen molar-refractivity contribution in [3.63, 3.8) is 0 Å². The molecular formula is C10H17NOS2. The summed E-state index contributed by atoms with van der Waals surface area (Å²) >= 11 is 3.60. The molecule has 1 aromatic heterocycles. The van der Waals surface area contributed by atoms with Gasteiger partial charge in [-0.1, -0.05) is 13.0 Å². The van der Waals surface area contributed by atoms with Crippen LogP contribution in [0.2, 0.25) is 0 Å². The molecule has 0 aliphatic heterocycles. The molecule has 0 radical (unpaired) electrons. The van der Waals surface area contributed by atoms with Crippen LogP contribution in [0.15, 0.2) is 17.5 Å². The Bertz CT molecular complexity index is 238. The normalized spacial score (nSPS) is 15.4. The van der Waals surface area contributed by atoms with Crippen molar-refractivity contribution in [2.75, 3.05) is 13.2 Å². The number of aliphatic hydroxyl groups is 1. The molecule has 1 aromatic rings. The van der Waals surface area contributed by atoms with Crippen LogP contribution in [-0.4, -0.2) is 23.5 Å². The van der Waals surface area contributed by atoms with E-state index < -0.39 is 0 Å². The monoisotopic (exact) mass is 231 g/mol. The predicted octanol–water partition coefficient (Wildman–Crippen LogP) is 2.25. The Balaban J connectivity index is 2.47. The van der Waals surface area contributed by atoms with Gasteiger partial charge in [0.1, 0.15) is 0 Å². The molecule has 14 heavy (non-hydrogen) atoms. The first-order valence-corrected chi connectivity index (χ1v) is 6.60. The number of aliphatic hydroxyl groups excluding tert-OH is 1. The third-order valence-electron chi connectivity index (χ3n) is 2.01. The molecule has 0 bridgehead atoms. The lowest BCUT2D eigenvalue weighted by Gasteiger charge is -2.17.